The first-order chi connectivity index (χ1) is 5.86. The molecule has 1 heterocycles. The van der Waals surface area contributed by atoms with Gasteiger partial charge in [-0.15, -0.1) is 0 Å². The van der Waals surface area contributed by atoms with Crippen LogP contribution in [0.25, 0.3) is 0 Å². The van der Waals surface area contributed by atoms with Gasteiger partial charge in [-0.1, -0.05) is 27.7 Å². The molecule has 2 rings (SSSR count). The molecule has 0 aromatic heterocycles. The van der Waals surface area contributed by atoms with Crippen molar-refractivity contribution in [2.24, 2.45) is 5.92 Å². The monoisotopic (exact) mass is 260 g/mol. The SMILES string of the molecule is CC.CC.CC1NC2CCC1C2.[Y]. The van der Waals surface area contributed by atoms with Gasteiger partial charge >= 0.3 is 0 Å². The third-order valence-corrected chi connectivity index (χ3v) is 2.68. The Hall–Kier alpha value is 1.06. The van der Waals surface area contributed by atoms with Crippen molar-refractivity contribution >= 4 is 0 Å². The average Bonchev–Trinajstić information content (AvgIpc) is 2.72. The van der Waals surface area contributed by atoms with E-state index in [1.807, 2.05) is 27.7 Å². The number of fused-ring (bicyclic) bond motifs is 2. The Morgan fingerprint density at radius 3 is 1.69 bits per heavy atom. The first kappa shape index (κ1) is 16.5. The minimum atomic E-state index is 0. The van der Waals surface area contributed by atoms with Crippen molar-refractivity contribution in [3.05, 3.63) is 0 Å². The summed E-state index contributed by atoms with van der Waals surface area (Å²) in [7, 11) is 0. The van der Waals surface area contributed by atoms with Crippen LogP contribution in [-0.4, -0.2) is 12.1 Å². The molecule has 0 spiro atoms. The smallest absolute Gasteiger partial charge is 0.00729 e. The zero-order chi connectivity index (χ0) is 9.56. The van der Waals surface area contributed by atoms with Crippen LogP contribution in [0.1, 0.15) is 53.9 Å². The summed E-state index contributed by atoms with van der Waals surface area (Å²) < 4.78 is 0. The van der Waals surface area contributed by atoms with E-state index in [-0.39, 0.29) is 32.7 Å². The Morgan fingerprint density at radius 1 is 1.00 bits per heavy atom. The van der Waals surface area contributed by atoms with Crippen molar-refractivity contribution in [3.63, 3.8) is 0 Å². The van der Waals surface area contributed by atoms with Gasteiger partial charge in [0.1, 0.15) is 0 Å². The van der Waals surface area contributed by atoms with Crippen LogP contribution in [0.4, 0.5) is 0 Å². The third kappa shape index (κ3) is 4.90. The second kappa shape index (κ2) is 9.61. The summed E-state index contributed by atoms with van der Waals surface area (Å²) in [6.07, 6.45) is 4.38. The maximum absolute atomic E-state index is 3.55. The molecular formula is C11H25NY. The molecule has 2 heteroatoms. The van der Waals surface area contributed by atoms with Gasteiger partial charge < -0.3 is 5.32 Å². The van der Waals surface area contributed by atoms with Crippen LogP contribution >= 0.6 is 0 Å². The van der Waals surface area contributed by atoms with E-state index in [1.54, 1.807) is 0 Å². The van der Waals surface area contributed by atoms with Gasteiger partial charge in [-0.2, -0.15) is 0 Å². The maximum Gasteiger partial charge on any atom is 0.00729 e. The minimum absolute atomic E-state index is 0. The quantitative estimate of drug-likeness (QED) is 0.705. The molecule has 1 aliphatic carbocycles. The largest absolute Gasteiger partial charge is 0.311 e. The van der Waals surface area contributed by atoms with E-state index < -0.39 is 0 Å². The molecule has 0 aromatic carbocycles. The molecular weight excluding hydrogens is 235 g/mol. The molecule has 3 unspecified atom stereocenters. The fourth-order valence-corrected chi connectivity index (χ4v) is 2.13. The third-order valence-electron chi connectivity index (χ3n) is 2.68. The fourth-order valence-electron chi connectivity index (χ4n) is 2.13. The molecule has 0 aromatic rings. The summed E-state index contributed by atoms with van der Waals surface area (Å²) in [4.78, 5) is 0. The van der Waals surface area contributed by atoms with Crippen LogP contribution < -0.4 is 5.32 Å². The van der Waals surface area contributed by atoms with Crippen LogP contribution in [0.3, 0.4) is 0 Å². The number of hydrogen-bond acceptors (Lipinski definition) is 1. The summed E-state index contributed by atoms with van der Waals surface area (Å²) in [5.41, 5.74) is 0. The number of piperidine rings is 1. The van der Waals surface area contributed by atoms with Gasteiger partial charge in [0.15, 0.2) is 0 Å². The Balaban J connectivity index is 0. The van der Waals surface area contributed by atoms with E-state index in [1.165, 1.54) is 19.3 Å². The van der Waals surface area contributed by atoms with Crippen LogP contribution in [0.5, 0.6) is 0 Å². The minimum Gasteiger partial charge on any atom is -0.311 e. The second-order valence-corrected chi connectivity index (χ2v) is 3.23. The first-order valence-electron chi connectivity index (χ1n) is 5.62. The van der Waals surface area contributed by atoms with Crippen LogP contribution in [0.15, 0.2) is 0 Å². The Kier molecular flexibility index (Phi) is 12.2. The number of hydrogen-bond donors (Lipinski definition) is 1. The Bertz CT molecular complexity index is 104. The molecule has 2 aliphatic rings. The van der Waals surface area contributed by atoms with Crippen LogP contribution in [0, 0.1) is 5.92 Å². The first-order valence-corrected chi connectivity index (χ1v) is 5.62. The topological polar surface area (TPSA) is 12.0 Å². The molecule has 1 nitrogen and oxygen atoms in total. The molecule has 1 radical (unpaired) electrons. The predicted molar refractivity (Wildman–Crippen MR) is 56.4 cm³/mol. The molecule has 13 heavy (non-hydrogen) atoms. The average molecular weight is 260 g/mol. The summed E-state index contributed by atoms with van der Waals surface area (Å²) in [5.74, 6) is 1.03. The molecule has 1 aliphatic heterocycles. The maximum atomic E-state index is 3.55. The second-order valence-electron chi connectivity index (χ2n) is 3.23. The molecule has 0 amide bonds. The van der Waals surface area contributed by atoms with Gasteiger partial charge in [0, 0.05) is 44.8 Å². The van der Waals surface area contributed by atoms with Crippen LogP contribution in [-0.2, 0) is 32.7 Å². The van der Waals surface area contributed by atoms with Gasteiger partial charge in [0.2, 0.25) is 0 Å². The van der Waals surface area contributed by atoms with Gasteiger partial charge in [0.05, 0.1) is 0 Å². The molecule has 77 valence electrons. The van der Waals surface area contributed by atoms with Crippen molar-refractivity contribution in [1.29, 1.82) is 0 Å². The molecule has 2 bridgehead atoms. The van der Waals surface area contributed by atoms with E-state index in [9.17, 15) is 0 Å². The summed E-state index contributed by atoms with van der Waals surface area (Å²) in [5, 5.41) is 3.55. The van der Waals surface area contributed by atoms with Crippen LogP contribution in [0.2, 0.25) is 0 Å². The van der Waals surface area contributed by atoms with E-state index in [2.05, 4.69) is 12.2 Å². The van der Waals surface area contributed by atoms with Gasteiger partial charge in [-0.3, -0.25) is 0 Å². The van der Waals surface area contributed by atoms with Crippen molar-refractivity contribution in [1.82, 2.24) is 5.32 Å². The van der Waals surface area contributed by atoms with E-state index >= 15 is 0 Å². The molecule has 1 saturated heterocycles. The number of rotatable bonds is 0. The standard InChI is InChI=1S/C7H13N.2C2H6.Y/c1-5-6-2-3-7(4-6)8-5;2*1-2;/h5-8H,2-4H2,1H3;2*1-2H3;. The molecule has 1 N–H and O–H groups in total. The van der Waals surface area contributed by atoms with Gasteiger partial charge in [0.25, 0.3) is 0 Å². The molecule has 1 saturated carbocycles. The Morgan fingerprint density at radius 2 is 1.54 bits per heavy atom. The summed E-state index contributed by atoms with van der Waals surface area (Å²) in [6.45, 7) is 10.3. The van der Waals surface area contributed by atoms with E-state index in [0.717, 1.165) is 18.0 Å². The fraction of sp³-hybridized carbons (Fsp3) is 1.00. The predicted octanol–water partition coefficient (Wildman–Crippen LogP) is 3.20. The summed E-state index contributed by atoms with van der Waals surface area (Å²) in [6, 6.07) is 1.73. The van der Waals surface area contributed by atoms with E-state index in [0.29, 0.717) is 0 Å². The van der Waals surface area contributed by atoms with Crippen molar-refractivity contribution < 1.29 is 32.7 Å². The summed E-state index contributed by atoms with van der Waals surface area (Å²) >= 11 is 0. The normalized spacial score (nSPS) is 33.5. The molecule has 2 fully saturated rings. The van der Waals surface area contributed by atoms with Crippen molar-refractivity contribution in [3.8, 4) is 0 Å². The molecule has 3 atom stereocenters. The zero-order valence-corrected chi connectivity index (χ0v) is 12.8. The van der Waals surface area contributed by atoms with Gasteiger partial charge in [-0.05, 0) is 32.1 Å². The van der Waals surface area contributed by atoms with Crippen molar-refractivity contribution in [2.75, 3.05) is 0 Å². The Labute approximate surface area is 109 Å². The zero-order valence-electron chi connectivity index (χ0n) is 9.93. The number of nitrogens with one attached hydrogen (secondary N) is 1. The van der Waals surface area contributed by atoms with Gasteiger partial charge in [-0.25, -0.2) is 0 Å². The van der Waals surface area contributed by atoms with E-state index in [4.69, 9.17) is 0 Å². The van der Waals surface area contributed by atoms with Crippen molar-refractivity contribution in [2.45, 2.75) is 66.0 Å².